The number of nitrogens with zero attached hydrogens (tertiary/aromatic N) is 1. The number of hydrogen-bond acceptors (Lipinski definition) is 3. The van der Waals surface area contributed by atoms with Crippen LogP contribution < -0.4 is 5.43 Å². The third-order valence-electron chi connectivity index (χ3n) is 2.05. The highest BCUT2D eigenvalue weighted by Crippen LogP contribution is 2.33. The number of hydrogen-bond donors (Lipinski definition) is 1. The van der Waals surface area contributed by atoms with Crippen LogP contribution in [0.25, 0.3) is 0 Å². The molecule has 0 bridgehead atoms. The minimum absolute atomic E-state index is 0.511. The molecule has 0 aromatic rings. The van der Waals surface area contributed by atoms with Crippen LogP contribution in [0.2, 0.25) is 0 Å². The molecule has 0 saturated carbocycles. The third kappa shape index (κ3) is 3.33. The molecule has 3 heteroatoms. The van der Waals surface area contributed by atoms with Gasteiger partial charge in [0.05, 0.1) is 0 Å². The van der Waals surface area contributed by atoms with Crippen LogP contribution in [0.3, 0.4) is 0 Å². The summed E-state index contributed by atoms with van der Waals surface area (Å²) in [4.78, 5) is 0. The van der Waals surface area contributed by atoms with Crippen molar-refractivity contribution in [3.8, 4) is 0 Å². The molecule has 0 aliphatic carbocycles. The van der Waals surface area contributed by atoms with Gasteiger partial charge in [0.1, 0.15) is 0 Å². The first-order chi connectivity index (χ1) is 5.49. The van der Waals surface area contributed by atoms with Crippen molar-refractivity contribution in [1.29, 1.82) is 0 Å². The molecule has 0 radical (unpaired) electrons. The molecule has 12 heavy (non-hydrogen) atoms. The fourth-order valence-electron chi connectivity index (χ4n) is 1.71. The maximum absolute atomic E-state index is 3.45. The molecule has 72 valence electrons. The van der Waals surface area contributed by atoms with E-state index in [1.165, 1.54) is 17.9 Å². The van der Waals surface area contributed by atoms with E-state index in [2.05, 4.69) is 50.1 Å². The summed E-state index contributed by atoms with van der Waals surface area (Å²) in [5.74, 6) is 2.56. The lowest BCUT2D eigenvalue weighted by atomic mass is 9.88. The molecule has 1 unspecified atom stereocenters. The van der Waals surface area contributed by atoms with E-state index in [0.717, 1.165) is 0 Å². The Hall–Kier alpha value is 0.270. The summed E-state index contributed by atoms with van der Waals surface area (Å²) in [5, 5.41) is 2.06. The van der Waals surface area contributed by atoms with Crippen molar-refractivity contribution in [3.05, 3.63) is 0 Å². The zero-order valence-electron chi connectivity index (χ0n) is 8.55. The van der Waals surface area contributed by atoms with Crippen LogP contribution in [0.1, 0.15) is 20.3 Å². The second kappa shape index (κ2) is 3.99. The lowest BCUT2D eigenvalue weighted by Crippen LogP contribution is -2.46. The van der Waals surface area contributed by atoms with E-state index >= 15 is 0 Å². The Bertz CT molecular complexity index is 145. The highest BCUT2D eigenvalue weighted by Gasteiger charge is 2.28. The normalized spacial score (nSPS) is 29.2. The van der Waals surface area contributed by atoms with Crippen molar-refractivity contribution in [1.82, 2.24) is 10.4 Å². The van der Waals surface area contributed by atoms with E-state index in [9.17, 15) is 0 Å². The standard InChI is InChI=1S/C9H20N2S/c1-9(2)5-8(6-12-7-9)10-11(3)4/h8,10H,5-7H2,1-4H3. The number of rotatable bonds is 2. The predicted molar refractivity (Wildman–Crippen MR) is 56.3 cm³/mol. The second-order valence-corrected chi connectivity index (χ2v) is 5.63. The lowest BCUT2D eigenvalue weighted by Gasteiger charge is -2.36. The van der Waals surface area contributed by atoms with Crippen molar-refractivity contribution >= 4 is 11.8 Å². The minimum Gasteiger partial charge on any atom is -0.252 e. The van der Waals surface area contributed by atoms with E-state index in [0.29, 0.717) is 11.5 Å². The van der Waals surface area contributed by atoms with E-state index in [1.807, 2.05) is 0 Å². The van der Waals surface area contributed by atoms with Gasteiger partial charge in [0.15, 0.2) is 0 Å². The van der Waals surface area contributed by atoms with Crippen LogP contribution >= 0.6 is 11.8 Å². The average molecular weight is 188 g/mol. The smallest absolute Gasteiger partial charge is 0.0311 e. The summed E-state index contributed by atoms with van der Waals surface area (Å²) in [6.07, 6.45) is 1.29. The first-order valence-electron chi connectivity index (χ1n) is 4.51. The topological polar surface area (TPSA) is 15.3 Å². The van der Waals surface area contributed by atoms with Crippen LogP contribution in [0, 0.1) is 5.41 Å². The van der Waals surface area contributed by atoms with E-state index in [1.54, 1.807) is 0 Å². The minimum atomic E-state index is 0.511. The van der Waals surface area contributed by atoms with Gasteiger partial charge in [0.25, 0.3) is 0 Å². The molecule has 2 nitrogen and oxygen atoms in total. The quantitative estimate of drug-likeness (QED) is 0.662. The molecule has 1 N–H and O–H groups in total. The molecule has 1 fully saturated rings. The molecule has 1 aliphatic heterocycles. The van der Waals surface area contributed by atoms with Gasteiger partial charge in [0.2, 0.25) is 0 Å². The van der Waals surface area contributed by atoms with Gasteiger partial charge in [-0.05, 0) is 17.6 Å². The van der Waals surface area contributed by atoms with Crippen molar-refractivity contribution in [2.24, 2.45) is 5.41 Å². The zero-order chi connectivity index (χ0) is 9.19. The molecule has 1 aliphatic rings. The average Bonchev–Trinajstić information content (AvgIpc) is 1.82. The molecule has 0 aromatic heterocycles. The van der Waals surface area contributed by atoms with Crippen molar-refractivity contribution in [2.75, 3.05) is 25.6 Å². The summed E-state index contributed by atoms with van der Waals surface area (Å²) in [5.41, 5.74) is 3.96. The molecule has 1 atom stereocenters. The Morgan fingerprint density at radius 1 is 1.42 bits per heavy atom. The summed E-state index contributed by atoms with van der Waals surface area (Å²) >= 11 is 2.06. The lowest BCUT2D eigenvalue weighted by molar-refractivity contribution is 0.206. The van der Waals surface area contributed by atoms with E-state index in [-0.39, 0.29) is 0 Å². The van der Waals surface area contributed by atoms with Gasteiger partial charge in [-0.3, -0.25) is 10.4 Å². The molecule has 0 spiro atoms. The van der Waals surface area contributed by atoms with Gasteiger partial charge in [-0.25, -0.2) is 0 Å². The maximum atomic E-state index is 3.45. The summed E-state index contributed by atoms with van der Waals surface area (Å²) in [6, 6.07) is 0.661. The number of thioether (sulfide) groups is 1. The molecule has 1 heterocycles. The summed E-state index contributed by atoms with van der Waals surface area (Å²) in [7, 11) is 4.12. The highest BCUT2D eigenvalue weighted by molar-refractivity contribution is 7.99. The van der Waals surface area contributed by atoms with Crippen LogP contribution in [-0.2, 0) is 0 Å². The fourth-order valence-corrected chi connectivity index (χ4v) is 2.98. The Kier molecular flexibility index (Phi) is 3.44. The molecular weight excluding hydrogens is 168 g/mol. The first-order valence-corrected chi connectivity index (χ1v) is 5.66. The van der Waals surface area contributed by atoms with Crippen molar-refractivity contribution in [2.45, 2.75) is 26.3 Å². The Morgan fingerprint density at radius 3 is 2.58 bits per heavy atom. The molecule has 0 amide bonds. The van der Waals surface area contributed by atoms with E-state index < -0.39 is 0 Å². The van der Waals surface area contributed by atoms with Crippen LogP contribution in [0.15, 0.2) is 0 Å². The van der Waals surface area contributed by atoms with Gasteiger partial charge in [-0.15, -0.1) is 0 Å². The summed E-state index contributed by atoms with van der Waals surface area (Å²) in [6.45, 7) is 4.70. The Morgan fingerprint density at radius 2 is 2.08 bits per heavy atom. The van der Waals surface area contributed by atoms with E-state index in [4.69, 9.17) is 0 Å². The van der Waals surface area contributed by atoms with Gasteiger partial charge in [-0.2, -0.15) is 11.8 Å². The van der Waals surface area contributed by atoms with Crippen molar-refractivity contribution < 1.29 is 0 Å². The first kappa shape index (κ1) is 10.4. The summed E-state index contributed by atoms with van der Waals surface area (Å²) < 4.78 is 0. The van der Waals surface area contributed by atoms with Crippen LogP contribution in [-0.4, -0.2) is 36.7 Å². The fraction of sp³-hybridized carbons (Fsp3) is 1.00. The van der Waals surface area contributed by atoms with Gasteiger partial charge >= 0.3 is 0 Å². The predicted octanol–water partition coefficient (Wildman–Crippen LogP) is 1.58. The van der Waals surface area contributed by atoms with Crippen molar-refractivity contribution in [3.63, 3.8) is 0 Å². The van der Waals surface area contributed by atoms with Gasteiger partial charge in [-0.1, -0.05) is 13.8 Å². The molecule has 1 rings (SSSR count). The SMILES string of the molecule is CN(C)NC1CSCC(C)(C)C1. The number of hydrazine groups is 1. The zero-order valence-corrected chi connectivity index (χ0v) is 9.37. The molecule has 1 saturated heterocycles. The second-order valence-electron chi connectivity index (χ2n) is 4.60. The maximum Gasteiger partial charge on any atom is 0.0311 e. The van der Waals surface area contributed by atoms with Crippen LogP contribution in [0.5, 0.6) is 0 Å². The Balaban J connectivity index is 2.36. The van der Waals surface area contributed by atoms with Gasteiger partial charge < -0.3 is 0 Å². The highest BCUT2D eigenvalue weighted by atomic mass is 32.2. The van der Waals surface area contributed by atoms with Crippen LogP contribution in [0.4, 0.5) is 0 Å². The number of nitrogens with one attached hydrogen (secondary N) is 1. The largest absolute Gasteiger partial charge is 0.252 e. The molecule has 0 aromatic carbocycles. The van der Waals surface area contributed by atoms with Gasteiger partial charge in [0, 0.05) is 25.9 Å². The Labute approximate surface area is 80.1 Å². The third-order valence-corrected chi connectivity index (χ3v) is 3.68. The monoisotopic (exact) mass is 188 g/mol. The molecular formula is C9H20N2S.